The molecule has 0 aliphatic rings. The molecule has 0 fully saturated rings. The van der Waals surface area contributed by atoms with E-state index in [4.69, 9.17) is 9.47 Å². The van der Waals surface area contributed by atoms with E-state index in [1.807, 2.05) is 26.0 Å². The quantitative estimate of drug-likeness (QED) is 0.248. The molecular weight excluding hydrogens is 392 g/mol. The van der Waals surface area contributed by atoms with Gasteiger partial charge in [0, 0.05) is 5.56 Å². The molecule has 0 saturated carbocycles. The van der Waals surface area contributed by atoms with E-state index >= 15 is 0 Å². The maximum absolute atomic E-state index is 12.3. The fourth-order valence-electron chi connectivity index (χ4n) is 2.71. The van der Waals surface area contributed by atoms with E-state index in [-0.39, 0.29) is 5.91 Å². The number of esters is 1. The van der Waals surface area contributed by atoms with Gasteiger partial charge in [0.2, 0.25) is 0 Å². The first-order chi connectivity index (χ1) is 15.0. The Kier molecular flexibility index (Phi) is 7.54. The van der Waals surface area contributed by atoms with Gasteiger partial charge in [-0.2, -0.15) is 5.10 Å². The normalized spacial score (nSPS) is 10.6. The van der Waals surface area contributed by atoms with Crippen LogP contribution in [0.4, 0.5) is 0 Å². The van der Waals surface area contributed by atoms with Crippen LogP contribution in [-0.4, -0.2) is 24.7 Å². The summed E-state index contributed by atoms with van der Waals surface area (Å²) in [6.45, 7) is 4.59. The highest BCUT2D eigenvalue weighted by Crippen LogP contribution is 2.16. The molecule has 0 radical (unpaired) electrons. The zero-order valence-electron chi connectivity index (χ0n) is 17.5. The van der Waals surface area contributed by atoms with Crippen LogP contribution in [0.5, 0.6) is 11.5 Å². The molecule has 0 aromatic heterocycles. The number of rotatable bonds is 8. The van der Waals surface area contributed by atoms with E-state index in [0.717, 1.165) is 23.3 Å². The molecule has 3 rings (SSSR count). The highest BCUT2D eigenvalue weighted by atomic mass is 16.5. The standard InChI is InChI=1S/C25H24N2O4/c1-3-15-30-22-13-9-20(10-14-22)25(29)31-23-11-7-19(8-12-23)17-26-27-24(28)21-6-4-5-18(2)16-21/h4-14,16-17H,3,15H2,1-2H3,(H,27,28). The fraction of sp³-hybridized carbons (Fsp3) is 0.160. The van der Waals surface area contributed by atoms with Gasteiger partial charge in [0.1, 0.15) is 11.5 Å². The number of nitrogens with one attached hydrogen (secondary N) is 1. The average Bonchev–Trinajstić information content (AvgIpc) is 2.79. The summed E-state index contributed by atoms with van der Waals surface area (Å²) in [6, 6.07) is 20.9. The second-order valence-electron chi connectivity index (χ2n) is 6.90. The maximum atomic E-state index is 12.3. The Hall–Kier alpha value is -3.93. The SMILES string of the molecule is CCCOc1ccc(C(=O)Oc2ccc(C=NNC(=O)c3cccc(C)c3)cc2)cc1. The van der Waals surface area contributed by atoms with Crippen molar-refractivity contribution >= 4 is 18.1 Å². The number of hydrazone groups is 1. The van der Waals surface area contributed by atoms with Gasteiger partial charge < -0.3 is 9.47 Å². The summed E-state index contributed by atoms with van der Waals surface area (Å²) in [5.74, 6) is 0.402. The van der Waals surface area contributed by atoms with Crippen LogP contribution in [-0.2, 0) is 0 Å². The number of hydrogen-bond donors (Lipinski definition) is 1. The van der Waals surface area contributed by atoms with Gasteiger partial charge in [-0.3, -0.25) is 4.79 Å². The molecular formula is C25H24N2O4. The number of hydrogen-bond acceptors (Lipinski definition) is 5. The van der Waals surface area contributed by atoms with Crippen LogP contribution < -0.4 is 14.9 Å². The van der Waals surface area contributed by atoms with E-state index in [2.05, 4.69) is 10.5 Å². The van der Waals surface area contributed by atoms with Crippen molar-refractivity contribution in [2.24, 2.45) is 5.10 Å². The molecule has 6 nitrogen and oxygen atoms in total. The lowest BCUT2D eigenvalue weighted by molar-refractivity contribution is 0.0734. The van der Waals surface area contributed by atoms with Crippen molar-refractivity contribution < 1.29 is 19.1 Å². The summed E-state index contributed by atoms with van der Waals surface area (Å²) in [6.07, 6.45) is 2.44. The van der Waals surface area contributed by atoms with Crippen LogP contribution in [0.2, 0.25) is 0 Å². The first-order valence-corrected chi connectivity index (χ1v) is 10.0. The van der Waals surface area contributed by atoms with E-state index in [0.29, 0.717) is 23.5 Å². The molecule has 0 saturated heterocycles. The van der Waals surface area contributed by atoms with Crippen LogP contribution in [0.3, 0.4) is 0 Å². The van der Waals surface area contributed by atoms with E-state index in [1.165, 1.54) is 6.21 Å². The monoisotopic (exact) mass is 416 g/mol. The second kappa shape index (κ2) is 10.7. The molecule has 1 N–H and O–H groups in total. The van der Waals surface area contributed by atoms with Crippen LogP contribution in [0.1, 0.15) is 45.2 Å². The third kappa shape index (κ3) is 6.54. The lowest BCUT2D eigenvalue weighted by atomic mass is 10.1. The van der Waals surface area contributed by atoms with Crippen molar-refractivity contribution in [1.82, 2.24) is 5.43 Å². The molecule has 0 spiro atoms. The number of carbonyl (C=O) groups excluding carboxylic acids is 2. The largest absolute Gasteiger partial charge is 0.494 e. The minimum Gasteiger partial charge on any atom is -0.494 e. The summed E-state index contributed by atoms with van der Waals surface area (Å²) >= 11 is 0. The first kappa shape index (κ1) is 21.8. The van der Waals surface area contributed by atoms with Crippen molar-refractivity contribution in [2.75, 3.05) is 6.61 Å². The molecule has 31 heavy (non-hydrogen) atoms. The summed E-state index contributed by atoms with van der Waals surface area (Å²) in [5, 5.41) is 3.97. The molecule has 0 unspecified atom stereocenters. The zero-order chi connectivity index (χ0) is 22.1. The van der Waals surface area contributed by atoms with Gasteiger partial charge in [-0.1, -0.05) is 24.6 Å². The summed E-state index contributed by atoms with van der Waals surface area (Å²) in [7, 11) is 0. The number of aryl methyl sites for hydroxylation is 1. The van der Waals surface area contributed by atoms with Gasteiger partial charge in [-0.25, -0.2) is 10.2 Å². The van der Waals surface area contributed by atoms with E-state index < -0.39 is 5.97 Å². The topological polar surface area (TPSA) is 77.0 Å². The van der Waals surface area contributed by atoms with Crippen molar-refractivity contribution in [3.8, 4) is 11.5 Å². The highest BCUT2D eigenvalue weighted by Gasteiger charge is 2.09. The van der Waals surface area contributed by atoms with Crippen molar-refractivity contribution in [2.45, 2.75) is 20.3 Å². The van der Waals surface area contributed by atoms with E-state index in [9.17, 15) is 9.59 Å². The van der Waals surface area contributed by atoms with Gasteiger partial charge in [0.15, 0.2) is 0 Å². The molecule has 0 aliphatic carbocycles. The minimum atomic E-state index is -0.450. The van der Waals surface area contributed by atoms with Gasteiger partial charge in [0.25, 0.3) is 5.91 Å². The summed E-state index contributed by atoms with van der Waals surface area (Å²) in [4.78, 5) is 24.4. The number of benzene rings is 3. The Morgan fingerprint density at radius 1 is 0.935 bits per heavy atom. The Labute approximate surface area is 181 Å². The Balaban J connectivity index is 1.53. The zero-order valence-corrected chi connectivity index (χ0v) is 17.5. The third-order valence-electron chi connectivity index (χ3n) is 4.31. The number of ether oxygens (including phenoxy) is 2. The predicted molar refractivity (Wildman–Crippen MR) is 120 cm³/mol. The number of carbonyl (C=O) groups is 2. The first-order valence-electron chi connectivity index (χ1n) is 10.0. The van der Waals surface area contributed by atoms with Crippen LogP contribution in [0.15, 0.2) is 77.9 Å². The van der Waals surface area contributed by atoms with Gasteiger partial charge >= 0.3 is 5.97 Å². The van der Waals surface area contributed by atoms with Gasteiger partial charge in [-0.05, 0) is 79.6 Å². The molecule has 1 amide bonds. The number of amides is 1. The van der Waals surface area contributed by atoms with Crippen molar-refractivity contribution in [3.63, 3.8) is 0 Å². The lowest BCUT2D eigenvalue weighted by Gasteiger charge is -2.07. The van der Waals surface area contributed by atoms with Gasteiger partial charge in [-0.15, -0.1) is 0 Å². The van der Waals surface area contributed by atoms with Crippen LogP contribution >= 0.6 is 0 Å². The van der Waals surface area contributed by atoms with Gasteiger partial charge in [0.05, 0.1) is 18.4 Å². The van der Waals surface area contributed by atoms with Crippen LogP contribution in [0.25, 0.3) is 0 Å². The molecule has 0 aliphatic heterocycles. The predicted octanol–water partition coefficient (Wildman–Crippen LogP) is 4.77. The molecule has 0 atom stereocenters. The third-order valence-corrected chi connectivity index (χ3v) is 4.31. The molecule has 0 bridgehead atoms. The molecule has 3 aromatic rings. The van der Waals surface area contributed by atoms with E-state index in [1.54, 1.807) is 60.7 Å². The molecule has 6 heteroatoms. The highest BCUT2D eigenvalue weighted by molar-refractivity contribution is 5.95. The van der Waals surface area contributed by atoms with Crippen LogP contribution in [0, 0.1) is 6.92 Å². The van der Waals surface area contributed by atoms with Crippen molar-refractivity contribution in [1.29, 1.82) is 0 Å². The average molecular weight is 416 g/mol. The maximum Gasteiger partial charge on any atom is 0.343 e. The summed E-state index contributed by atoms with van der Waals surface area (Å²) < 4.78 is 10.9. The summed E-state index contributed by atoms with van der Waals surface area (Å²) in [5.41, 5.74) is 5.23. The molecule has 158 valence electrons. The number of nitrogens with zero attached hydrogens (tertiary/aromatic N) is 1. The Bertz CT molecular complexity index is 1060. The minimum absolute atomic E-state index is 0.281. The Morgan fingerprint density at radius 2 is 1.65 bits per heavy atom. The lowest BCUT2D eigenvalue weighted by Crippen LogP contribution is -2.17. The second-order valence-corrected chi connectivity index (χ2v) is 6.90. The van der Waals surface area contributed by atoms with Crippen molar-refractivity contribution in [3.05, 3.63) is 95.1 Å². The molecule has 3 aromatic carbocycles. The smallest absolute Gasteiger partial charge is 0.343 e. The molecule has 0 heterocycles. The fourth-order valence-corrected chi connectivity index (χ4v) is 2.71. The Morgan fingerprint density at radius 3 is 2.32 bits per heavy atom.